The van der Waals surface area contributed by atoms with Crippen LogP contribution in [0, 0.1) is 0 Å². The lowest BCUT2D eigenvalue weighted by molar-refractivity contribution is 0.0949. The lowest BCUT2D eigenvalue weighted by atomic mass is 9.95. The van der Waals surface area contributed by atoms with Gasteiger partial charge in [-0.15, -0.1) is 0 Å². The predicted molar refractivity (Wildman–Crippen MR) is 161 cm³/mol. The molecule has 3 N–H and O–H groups in total. The summed E-state index contributed by atoms with van der Waals surface area (Å²) >= 11 is 6.52. The molecule has 7 heteroatoms. The molecule has 0 bridgehead atoms. The van der Waals surface area contributed by atoms with E-state index in [0.717, 1.165) is 49.0 Å². The predicted octanol–water partition coefficient (Wildman–Crippen LogP) is 6.02. The molecule has 1 heterocycles. The summed E-state index contributed by atoms with van der Waals surface area (Å²) in [6.45, 7) is 5.34. The van der Waals surface area contributed by atoms with E-state index in [9.17, 15) is 9.59 Å². The molecule has 1 saturated heterocycles. The Morgan fingerprint density at radius 1 is 0.925 bits per heavy atom. The number of rotatable bonds is 8. The highest BCUT2D eigenvalue weighted by Crippen LogP contribution is 2.32. The Morgan fingerprint density at radius 3 is 2.30 bits per heavy atom. The number of hydrogen-bond acceptors (Lipinski definition) is 3. The largest absolute Gasteiger partial charge is 0.352 e. The molecular formula is C33H39ClN4O2. The highest BCUT2D eigenvalue weighted by molar-refractivity contribution is 6.31. The van der Waals surface area contributed by atoms with Crippen LogP contribution in [-0.4, -0.2) is 42.5 Å². The lowest BCUT2D eigenvalue weighted by Gasteiger charge is -2.33. The van der Waals surface area contributed by atoms with Gasteiger partial charge in [-0.05, 0) is 85.5 Å². The van der Waals surface area contributed by atoms with E-state index in [4.69, 9.17) is 11.6 Å². The Balaban J connectivity index is 1.14. The summed E-state index contributed by atoms with van der Waals surface area (Å²) in [7, 11) is 0. The van der Waals surface area contributed by atoms with Crippen molar-refractivity contribution in [3.63, 3.8) is 0 Å². The van der Waals surface area contributed by atoms with Crippen molar-refractivity contribution in [2.45, 2.75) is 64.1 Å². The molecule has 0 saturated carbocycles. The number of urea groups is 1. The molecule has 5 rings (SSSR count). The SMILES string of the molecule is CC1CCCCN1CCCNC(=O)c1ccc(CNC(=O)NC2c3ccccc3CCc3ccccc32)c(Cl)c1. The zero-order valence-electron chi connectivity index (χ0n) is 23.2. The van der Waals surface area contributed by atoms with Crippen molar-refractivity contribution in [2.75, 3.05) is 19.6 Å². The fourth-order valence-electron chi connectivity index (χ4n) is 5.94. The summed E-state index contributed by atoms with van der Waals surface area (Å²) in [5.74, 6) is -0.128. The van der Waals surface area contributed by atoms with Crippen LogP contribution in [0.3, 0.4) is 0 Å². The number of carbonyl (C=O) groups excluding carboxylic acids is 2. The summed E-state index contributed by atoms with van der Waals surface area (Å²) in [5, 5.41) is 9.61. The van der Waals surface area contributed by atoms with Crippen LogP contribution in [0.1, 0.15) is 76.8 Å². The van der Waals surface area contributed by atoms with Crippen LogP contribution < -0.4 is 16.0 Å². The number of piperidine rings is 1. The van der Waals surface area contributed by atoms with Gasteiger partial charge in [0.05, 0.1) is 6.04 Å². The van der Waals surface area contributed by atoms with Crippen LogP contribution >= 0.6 is 11.6 Å². The van der Waals surface area contributed by atoms with Gasteiger partial charge >= 0.3 is 6.03 Å². The van der Waals surface area contributed by atoms with Crippen LogP contribution in [-0.2, 0) is 19.4 Å². The minimum Gasteiger partial charge on any atom is -0.352 e. The third kappa shape index (κ3) is 6.86. The van der Waals surface area contributed by atoms with Crippen LogP contribution in [0.5, 0.6) is 0 Å². The number of likely N-dealkylation sites (tertiary alicyclic amines) is 1. The maximum atomic E-state index is 13.1. The molecule has 0 radical (unpaired) electrons. The smallest absolute Gasteiger partial charge is 0.315 e. The standard InChI is InChI=1S/C33H39ClN4O2/c1-23-9-6-7-19-38(23)20-8-18-35-32(39)26-16-17-27(30(34)21-26)22-36-33(40)37-31-28-12-4-2-10-24(28)14-15-25-11-3-5-13-29(25)31/h2-5,10-13,16-17,21,23,31H,6-9,14-15,18-20,22H2,1H3,(H,35,39)(H2,36,37,40). The number of aryl methyl sites for hydroxylation is 2. The Bertz CT molecular complexity index is 1300. The fraction of sp³-hybridized carbons (Fsp3) is 0.394. The molecule has 1 atom stereocenters. The van der Waals surface area contributed by atoms with Crippen molar-refractivity contribution in [2.24, 2.45) is 0 Å². The van der Waals surface area contributed by atoms with Crippen LogP contribution in [0.4, 0.5) is 4.79 Å². The van der Waals surface area contributed by atoms with Gasteiger partial charge in [-0.1, -0.05) is 72.6 Å². The van der Waals surface area contributed by atoms with E-state index in [-0.39, 0.29) is 24.5 Å². The minimum absolute atomic E-state index is 0.128. The van der Waals surface area contributed by atoms with E-state index in [1.807, 2.05) is 30.3 Å². The average molecular weight is 559 g/mol. The summed E-state index contributed by atoms with van der Waals surface area (Å²) in [4.78, 5) is 28.2. The van der Waals surface area contributed by atoms with Crippen LogP contribution in [0.25, 0.3) is 0 Å². The van der Waals surface area contributed by atoms with Crippen molar-refractivity contribution < 1.29 is 9.59 Å². The van der Waals surface area contributed by atoms with E-state index in [1.54, 1.807) is 12.1 Å². The number of benzene rings is 3. The van der Waals surface area contributed by atoms with Gasteiger partial charge < -0.3 is 20.9 Å². The fourth-order valence-corrected chi connectivity index (χ4v) is 6.19. The molecule has 1 aliphatic heterocycles. The molecule has 3 aromatic rings. The molecule has 0 aromatic heterocycles. The summed E-state index contributed by atoms with van der Waals surface area (Å²) in [6, 6.07) is 22.0. The Labute approximate surface area is 242 Å². The van der Waals surface area contributed by atoms with Crippen molar-refractivity contribution in [3.05, 3.63) is 105 Å². The van der Waals surface area contributed by atoms with E-state index in [0.29, 0.717) is 23.2 Å². The first kappa shape index (κ1) is 28.2. The van der Waals surface area contributed by atoms with Gasteiger partial charge in [-0.2, -0.15) is 0 Å². The van der Waals surface area contributed by atoms with Crippen LogP contribution in [0.2, 0.25) is 5.02 Å². The molecule has 40 heavy (non-hydrogen) atoms. The molecule has 2 aliphatic rings. The number of nitrogens with zero attached hydrogens (tertiary/aromatic N) is 1. The van der Waals surface area contributed by atoms with Crippen molar-refractivity contribution in [1.29, 1.82) is 0 Å². The van der Waals surface area contributed by atoms with E-state index in [2.05, 4.69) is 52.0 Å². The minimum atomic E-state index is -0.266. The molecule has 1 aliphatic carbocycles. The number of nitrogens with one attached hydrogen (secondary N) is 3. The first-order valence-corrected chi connectivity index (χ1v) is 14.9. The van der Waals surface area contributed by atoms with Gasteiger partial charge in [-0.25, -0.2) is 4.79 Å². The quantitative estimate of drug-likeness (QED) is 0.296. The molecule has 3 amide bonds. The number of hydrogen-bond donors (Lipinski definition) is 3. The number of fused-ring (bicyclic) bond motifs is 2. The third-order valence-corrected chi connectivity index (χ3v) is 8.63. The summed E-state index contributed by atoms with van der Waals surface area (Å²) in [5.41, 5.74) is 6.04. The lowest BCUT2D eigenvalue weighted by Crippen LogP contribution is -2.39. The van der Waals surface area contributed by atoms with Gasteiger partial charge in [0.1, 0.15) is 0 Å². The first-order valence-electron chi connectivity index (χ1n) is 14.5. The first-order chi connectivity index (χ1) is 19.5. The van der Waals surface area contributed by atoms with Gasteiger partial charge in [0.15, 0.2) is 0 Å². The summed E-state index contributed by atoms with van der Waals surface area (Å²) in [6.07, 6.45) is 6.66. The molecular weight excluding hydrogens is 520 g/mol. The van der Waals surface area contributed by atoms with Crippen molar-refractivity contribution >= 4 is 23.5 Å². The van der Waals surface area contributed by atoms with Crippen molar-refractivity contribution in [1.82, 2.24) is 20.9 Å². The maximum absolute atomic E-state index is 13.1. The van der Waals surface area contributed by atoms with E-state index in [1.165, 1.54) is 30.4 Å². The Morgan fingerprint density at radius 2 is 1.62 bits per heavy atom. The zero-order valence-corrected chi connectivity index (χ0v) is 24.0. The highest BCUT2D eigenvalue weighted by Gasteiger charge is 2.25. The Hall–Kier alpha value is -3.35. The second-order valence-corrected chi connectivity index (χ2v) is 11.4. The summed E-state index contributed by atoms with van der Waals surface area (Å²) < 4.78 is 0. The molecule has 1 fully saturated rings. The molecule has 0 spiro atoms. The normalized spacial score (nSPS) is 17.3. The van der Waals surface area contributed by atoms with E-state index >= 15 is 0 Å². The zero-order chi connectivity index (χ0) is 27.9. The number of halogens is 1. The van der Waals surface area contributed by atoms with Gasteiger partial charge in [0.25, 0.3) is 5.91 Å². The Kier molecular flexibility index (Phi) is 9.40. The van der Waals surface area contributed by atoms with Crippen LogP contribution in [0.15, 0.2) is 66.7 Å². The van der Waals surface area contributed by atoms with Gasteiger partial charge in [0, 0.05) is 36.3 Å². The topological polar surface area (TPSA) is 73.5 Å². The molecule has 6 nitrogen and oxygen atoms in total. The second kappa shape index (κ2) is 13.3. The highest BCUT2D eigenvalue weighted by atomic mass is 35.5. The monoisotopic (exact) mass is 558 g/mol. The van der Waals surface area contributed by atoms with Crippen molar-refractivity contribution in [3.8, 4) is 0 Å². The molecule has 1 unspecified atom stereocenters. The van der Waals surface area contributed by atoms with Gasteiger partial charge in [0.2, 0.25) is 0 Å². The third-order valence-electron chi connectivity index (χ3n) is 8.27. The second-order valence-electron chi connectivity index (χ2n) is 11.0. The van der Waals surface area contributed by atoms with E-state index < -0.39 is 0 Å². The average Bonchev–Trinajstić information content (AvgIpc) is 3.12. The number of amides is 3. The number of carbonyl (C=O) groups is 2. The molecule has 3 aromatic carbocycles. The maximum Gasteiger partial charge on any atom is 0.315 e. The van der Waals surface area contributed by atoms with Gasteiger partial charge in [-0.3, -0.25) is 4.79 Å². The molecule has 210 valence electrons.